The molecule has 0 aromatic heterocycles. The average molecular weight is 407 g/mol. The van der Waals surface area contributed by atoms with Crippen molar-refractivity contribution in [1.29, 1.82) is 0 Å². The first-order valence-electron chi connectivity index (χ1n) is 12.0. The lowest BCUT2D eigenvalue weighted by Gasteiger charge is -2.55. The highest BCUT2D eigenvalue weighted by Gasteiger charge is 2.53. The van der Waals surface area contributed by atoms with Gasteiger partial charge in [0.15, 0.2) is 6.29 Å². The maximum atomic E-state index is 6.14. The Labute approximate surface area is 180 Å². The van der Waals surface area contributed by atoms with Crippen LogP contribution in [0.5, 0.6) is 0 Å². The fourth-order valence-electron chi connectivity index (χ4n) is 5.90. The molecule has 1 heterocycles. The molecule has 0 radical (unpaired) electrons. The molecule has 1 aliphatic heterocycles. The van der Waals surface area contributed by atoms with E-state index >= 15 is 0 Å². The van der Waals surface area contributed by atoms with Crippen molar-refractivity contribution in [3.63, 3.8) is 0 Å². The van der Waals surface area contributed by atoms with Crippen LogP contribution in [0, 0.1) is 23.2 Å². The maximum absolute atomic E-state index is 6.14. The molecule has 1 spiro atoms. The van der Waals surface area contributed by atoms with Gasteiger partial charge in [-0.3, -0.25) is 0 Å². The highest BCUT2D eigenvalue weighted by Crippen LogP contribution is 2.56. The second-order valence-corrected chi connectivity index (χ2v) is 9.62. The molecule has 3 rings (SSSR count). The number of allylic oxidation sites excluding steroid dienone is 4. The summed E-state index contributed by atoms with van der Waals surface area (Å²) in [6.07, 6.45) is 11.2. The molecule has 0 bridgehead atoms. The van der Waals surface area contributed by atoms with E-state index in [9.17, 15) is 0 Å². The van der Waals surface area contributed by atoms with Gasteiger partial charge in [-0.25, -0.2) is 0 Å². The Morgan fingerprint density at radius 1 is 1.21 bits per heavy atom. The van der Waals surface area contributed by atoms with Crippen molar-refractivity contribution in [3.05, 3.63) is 23.0 Å². The molecule has 6 atom stereocenters. The summed E-state index contributed by atoms with van der Waals surface area (Å²) >= 11 is 0. The van der Waals surface area contributed by atoms with Gasteiger partial charge in [0, 0.05) is 5.41 Å². The van der Waals surface area contributed by atoms with Crippen LogP contribution < -0.4 is 0 Å². The number of hydrogen-bond donors (Lipinski definition) is 0. The highest BCUT2D eigenvalue weighted by molar-refractivity contribution is 5.23. The molecule has 3 aliphatic rings. The molecule has 3 heteroatoms. The van der Waals surface area contributed by atoms with Gasteiger partial charge >= 0.3 is 0 Å². The van der Waals surface area contributed by atoms with Gasteiger partial charge in [-0.2, -0.15) is 0 Å². The molecule has 0 aromatic carbocycles. The first-order valence-corrected chi connectivity index (χ1v) is 12.0. The molecular weight excluding hydrogens is 360 g/mol. The molecule has 1 saturated heterocycles. The normalized spacial score (nSPS) is 38.1. The third-order valence-electron chi connectivity index (χ3n) is 7.80. The van der Waals surface area contributed by atoms with Crippen molar-refractivity contribution in [3.8, 4) is 0 Å². The van der Waals surface area contributed by atoms with E-state index in [1.807, 2.05) is 6.92 Å². The predicted molar refractivity (Wildman–Crippen MR) is 122 cm³/mol. The summed E-state index contributed by atoms with van der Waals surface area (Å²) in [5.74, 6) is 3.13. The third-order valence-corrected chi connectivity index (χ3v) is 7.80. The highest BCUT2D eigenvalue weighted by atomic mass is 16.7. The number of hydrogen-bond acceptors (Lipinski definition) is 3. The van der Waals surface area contributed by atoms with E-state index in [0.717, 1.165) is 24.7 Å². The van der Waals surface area contributed by atoms with Crippen LogP contribution in [-0.4, -0.2) is 26.1 Å². The summed E-state index contributed by atoms with van der Waals surface area (Å²) in [6, 6.07) is 0. The first-order chi connectivity index (χ1) is 13.8. The number of methoxy groups -OCH3 is 1. The van der Waals surface area contributed by atoms with E-state index in [2.05, 4.69) is 47.6 Å². The minimum atomic E-state index is -0.0606. The SMILES string of the molecule is CCC.CO/C(C)=C/CC1=C(C)CCCC2C1CCC1(COC(C)OC1C)C2C. The fraction of sp³-hybridized carbons (Fsp3) is 0.846. The van der Waals surface area contributed by atoms with Gasteiger partial charge in [-0.1, -0.05) is 38.3 Å². The molecule has 6 unspecified atom stereocenters. The Morgan fingerprint density at radius 3 is 2.52 bits per heavy atom. The molecular formula is C26H46O3. The zero-order valence-electron chi connectivity index (χ0n) is 20.3. The summed E-state index contributed by atoms with van der Waals surface area (Å²) in [5.41, 5.74) is 3.50. The van der Waals surface area contributed by atoms with Gasteiger partial charge in [0.1, 0.15) is 0 Å². The second-order valence-electron chi connectivity index (χ2n) is 9.62. The molecule has 2 fully saturated rings. The molecule has 3 nitrogen and oxygen atoms in total. The number of ether oxygens (including phenoxy) is 3. The van der Waals surface area contributed by atoms with Gasteiger partial charge < -0.3 is 14.2 Å². The van der Waals surface area contributed by atoms with Crippen molar-refractivity contribution < 1.29 is 14.2 Å². The Morgan fingerprint density at radius 2 is 1.90 bits per heavy atom. The minimum Gasteiger partial charge on any atom is -0.502 e. The lowest BCUT2D eigenvalue weighted by molar-refractivity contribution is -0.279. The predicted octanol–water partition coefficient (Wildman–Crippen LogP) is 7.27. The van der Waals surface area contributed by atoms with Crippen LogP contribution in [0.3, 0.4) is 0 Å². The van der Waals surface area contributed by atoms with Gasteiger partial charge in [0.2, 0.25) is 0 Å². The van der Waals surface area contributed by atoms with Crippen molar-refractivity contribution in [2.75, 3.05) is 13.7 Å². The van der Waals surface area contributed by atoms with Crippen LogP contribution in [0.1, 0.15) is 93.4 Å². The van der Waals surface area contributed by atoms with Gasteiger partial charge in [0.05, 0.1) is 25.6 Å². The quantitative estimate of drug-likeness (QED) is 0.364. The summed E-state index contributed by atoms with van der Waals surface area (Å²) in [5, 5.41) is 0. The summed E-state index contributed by atoms with van der Waals surface area (Å²) in [7, 11) is 1.76. The van der Waals surface area contributed by atoms with E-state index in [1.54, 1.807) is 18.3 Å². The minimum absolute atomic E-state index is 0.0606. The largest absolute Gasteiger partial charge is 0.502 e. The van der Waals surface area contributed by atoms with Gasteiger partial charge in [-0.05, 0) is 90.0 Å². The lowest BCUT2D eigenvalue weighted by atomic mass is 9.55. The molecule has 0 amide bonds. The van der Waals surface area contributed by atoms with E-state index in [-0.39, 0.29) is 17.8 Å². The van der Waals surface area contributed by atoms with Crippen LogP contribution >= 0.6 is 0 Å². The summed E-state index contributed by atoms with van der Waals surface area (Å²) < 4.78 is 17.5. The smallest absolute Gasteiger partial charge is 0.155 e. The van der Waals surface area contributed by atoms with E-state index in [1.165, 1.54) is 38.5 Å². The van der Waals surface area contributed by atoms with Crippen molar-refractivity contribution in [1.82, 2.24) is 0 Å². The van der Waals surface area contributed by atoms with Gasteiger partial charge in [0.25, 0.3) is 0 Å². The monoisotopic (exact) mass is 406 g/mol. The van der Waals surface area contributed by atoms with Crippen molar-refractivity contribution in [2.45, 2.75) is 106 Å². The Kier molecular flexibility index (Phi) is 9.28. The van der Waals surface area contributed by atoms with Crippen LogP contribution in [0.2, 0.25) is 0 Å². The van der Waals surface area contributed by atoms with Crippen LogP contribution in [-0.2, 0) is 14.2 Å². The molecule has 1 saturated carbocycles. The van der Waals surface area contributed by atoms with Crippen LogP contribution in [0.15, 0.2) is 23.0 Å². The van der Waals surface area contributed by atoms with Crippen LogP contribution in [0.25, 0.3) is 0 Å². The fourth-order valence-corrected chi connectivity index (χ4v) is 5.90. The molecule has 29 heavy (non-hydrogen) atoms. The number of fused-ring (bicyclic) bond motifs is 1. The summed E-state index contributed by atoms with van der Waals surface area (Å²) in [6.45, 7) is 16.3. The maximum Gasteiger partial charge on any atom is 0.155 e. The van der Waals surface area contributed by atoms with Crippen LogP contribution in [0.4, 0.5) is 0 Å². The zero-order chi connectivity index (χ0) is 21.6. The molecule has 0 aromatic rings. The van der Waals surface area contributed by atoms with Crippen molar-refractivity contribution in [2.24, 2.45) is 23.2 Å². The Bertz CT molecular complexity index is 579. The first kappa shape index (κ1) is 24.5. The summed E-state index contributed by atoms with van der Waals surface area (Å²) in [4.78, 5) is 0. The number of rotatable bonds is 3. The molecule has 0 N–H and O–H groups in total. The van der Waals surface area contributed by atoms with Gasteiger partial charge in [-0.15, -0.1) is 0 Å². The lowest BCUT2D eigenvalue weighted by Crippen LogP contribution is -2.55. The second kappa shape index (κ2) is 11.0. The van der Waals surface area contributed by atoms with E-state index < -0.39 is 0 Å². The molecule has 2 aliphatic carbocycles. The zero-order valence-corrected chi connectivity index (χ0v) is 20.3. The van der Waals surface area contributed by atoms with E-state index in [0.29, 0.717) is 11.8 Å². The molecule has 168 valence electrons. The topological polar surface area (TPSA) is 27.7 Å². The Balaban J connectivity index is 0.000000941. The third kappa shape index (κ3) is 5.47. The average Bonchev–Trinajstić information content (AvgIpc) is 2.84. The Hall–Kier alpha value is -0.800. The standard InChI is InChI=1S/C23H38O3.C3H8/c1-15-8-7-9-21-17(3)23(14-25-19(5)26-18(23)4)13-12-22(21)20(15)11-10-16(2)24-6;1-3-2/h10,17-19,21-22H,7-9,11-14H2,1-6H3;3H2,1-2H3/b16-10+;. The van der Waals surface area contributed by atoms with E-state index in [4.69, 9.17) is 14.2 Å². The van der Waals surface area contributed by atoms with Crippen molar-refractivity contribution >= 4 is 0 Å².